The number of carbonyl (C=O) groups excluding carboxylic acids is 1. The van der Waals surface area contributed by atoms with Crippen LogP contribution < -0.4 is 5.73 Å². The van der Waals surface area contributed by atoms with Crippen LogP contribution in [0.15, 0.2) is 24.3 Å². The number of hydrogen-bond acceptors (Lipinski definition) is 3. The van der Waals surface area contributed by atoms with Crippen LogP contribution in [-0.2, 0) is 14.9 Å². The second-order valence-corrected chi connectivity index (χ2v) is 5.62. The van der Waals surface area contributed by atoms with Gasteiger partial charge in [0.1, 0.15) is 0 Å². The summed E-state index contributed by atoms with van der Waals surface area (Å²) in [5, 5.41) is 0. The van der Waals surface area contributed by atoms with Crippen LogP contribution in [0.25, 0.3) is 0 Å². The smallest absolute Gasteiger partial charge is 0.306 e. The van der Waals surface area contributed by atoms with Gasteiger partial charge in [-0.15, -0.1) is 0 Å². The van der Waals surface area contributed by atoms with Crippen LogP contribution in [0.2, 0.25) is 0 Å². The van der Waals surface area contributed by atoms with Crippen molar-refractivity contribution in [3.05, 3.63) is 35.4 Å². The number of nitrogens with two attached hydrogens (primary N) is 1. The van der Waals surface area contributed by atoms with E-state index < -0.39 is 11.0 Å². The number of hydrogen-bond donors (Lipinski definition) is 1. The maximum Gasteiger partial charge on any atom is 0.306 e. The van der Waals surface area contributed by atoms with Crippen molar-refractivity contribution in [1.29, 1.82) is 0 Å². The van der Waals surface area contributed by atoms with Crippen LogP contribution in [-0.4, -0.2) is 18.6 Å². The lowest BCUT2D eigenvalue weighted by Crippen LogP contribution is -2.53. The Morgan fingerprint density at radius 3 is 2.28 bits per heavy atom. The Morgan fingerprint density at radius 2 is 1.83 bits per heavy atom. The molecular weight excluding hydrogens is 226 g/mol. The minimum Gasteiger partial charge on any atom is -0.469 e. The van der Waals surface area contributed by atoms with Gasteiger partial charge in [0, 0.05) is 11.0 Å². The summed E-state index contributed by atoms with van der Waals surface area (Å²) in [5.74, 6) is -0.237. The number of methoxy groups -OCH3 is 1. The summed E-state index contributed by atoms with van der Waals surface area (Å²) in [6.07, 6.45) is 0.276. The average Bonchev–Trinajstić information content (AvgIpc) is 2.27. The van der Waals surface area contributed by atoms with Gasteiger partial charge in [0.2, 0.25) is 0 Å². The average molecular weight is 249 g/mol. The fourth-order valence-electron chi connectivity index (χ4n) is 2.22. The molecule has 0 spiro atoms. The second kappa shape index (κ2) is 5.11. The summed E-state index contributed by atoms with van der Waals surface area (Å²) in [5.41, 5.74) is 7.58. The minimum atomic E-state index is -0.521. The highest BCUT2D eigenvalue weighted by atomic mass is 16.5. The summed E-state index contributed by atoms with van der Waals surface area (Å²) in [4.78, 5) is 11.7. The highest BCUT2D eigenvalue weighted by Crippen LogP contribution is 2.38. The van der Waals surface area contributed by atoms with Crippen LogP contribution in [0, 0.1) is 6.92 Å². The molecule has 1 aromatic carbocycles. The molecule has 0 amide bonds. The van der Waals surface area contributed by atoms with Crippen molar-refractivity contribution in [3.8, 4) is 0 Å². The van der Waals surface area contributed by atoms with Crippen molar-refractivity contribution < 1.29 is 9.53 Å². The van der Waals surface area contributed by atoms with Crippen molar-refractivity contribution >= 4 is 5.97 Å². The first-order chi connectivity index (χ1) is 8.22. The van der Waals surface area contributed by atoms with E-state index in [1.807, 2.05) is 52.0 Å². The molecule has 0 aromatic heterocycles. The minimum absolute atomic E-state index is 0.237. The Labute approximate surface area is 109 Å². The van der Waals surface area contributed by atoms with E-state index in [0.29, 0.717) is 0 Å². The molecule has 3 nitrogen and oxygen atoms in total. The Bertz CT molecular complexity index is 434. The van der Waals surface area contributed by atoms with Gasteiger partial charge in [-0.05, 0) is 31.9 Å². The molecule has 0 fully saturated rings. The Balaban J connectivity index is 3.30. The van der Waals surface area contributed by atoms with Gasteiger partial charge in [0.05, 0.1) is 13.5 Å². The van der Waals surface area contributed by atoms with Crippen LogP contribution in [0.1, 0.15) is 38.3 Å². The summed E-state index contributed by atoms with van der Waals surface area (Å²) in [7, 11) is 1.41. The summed E-state index contributed by atoms with van der Waals surface area (Å²) in [6, 6.07) is 8.04. The van der Waals surface area contributed by atoms with Gasteiger partial charge >= 0.3 is 5.97 Å². The lowest BCUT2D eigenvalue weighted by Gasteiger charge is -2.42. The second-order valence-electron chi connectivity index (χ2n) is 5.62. The maximum atomic E-state index is 11.7. The lowest BCUT2D eigenvalue weighted by atomic mass is 9.65. The first-order valence-corrected chi connectivity index (χ1v) is 6.14. The van der Waals surface area contributed by atoms with E-state index in [2.05, 4.69) is 0 Å². The van der Waals surface area contributed by atoms with Crippen molar-refractivity contribution in [2.75, 3.05) is 7.11 Å². The van der Waals surface area contributed by atoms with Crippen LogP contribution in [0.4, 0.5) is 0 Å². The molecule has 0 aliphatic carbocycles. The molecule has 3 heteroatoms. The van der Waals surface area contributed by atoms with Crippen molar-refractivity contribution in [2.45, 2.75) is 45.1 Å². The van der Waals surface area contributed by atoms with Gasteiger partial charge in [0.25, 0.3) is 0 Å². The number of carbonyl (C=O) groups is 1. The molecule has 0 saturated heterocycles. The van der Waals surface area contributed by atoms with Gasteiger partial charge in [-0.2, -0.15) is 0 Å². The predicted molar refractivity (Wildman–Crippen MR) is 73.4 cm³/mol. The number of esters is 1. The van der Waals surface area contributed by atoms with Crippen molar-refractivity contribution in [2.24, 2.45) is 5.73 Å². The predicted octanol–water partition coefficient (Wildman–Crippen LogP) is 2.55. The monoisotopic (exact) mass is 249 g/mol. The lowest BCUT2D eigenvalue weighted by molar-refractivity contribution is -0.142. The molecule has 0 saturated carbocycles. The van der Waals surface area contributed by atoms with E-state index in [1.54, 1.807) is 0 Å². The SMILES string of the molecule is COC(=O)CC(C)(c1ccccc1C)C(C)(C)N. The van der Waals surface area contributed by atoms with Crippen LogP contribution in [0.3, 0.4) is 0 Å². The zero-order chi connectivity index (χ0) is 14.0. The molecule has 0 aliphatic rings. The van der Waals surface area contributed by atoms with Crippen LogP contribution in [0.5, 0.6) is 0 Å². The number of benzene rings is 1. The fourth-order valence-corrected chi connectivity index (χ4v) is 2.22. The van der Waals surface area contributed by atoms with E-state index >= 15 is 0 Å². The zero-order valence-corrected chi connectivity index (χ0v) is 11.9. The molecule has 1 aromatic rings. The van der Waals surface area contributed by atoms with E-state index in [-0.39, 0.29) is 12.4 Å². The highest BCUT2D eigenvalue weighted by molar-refractivity contribution is 5.72. The van der Waals surface area contributed by atoms with Crippen molar-refractivity contribution in [1.82, 2.24) is 0 Å². The maximum absolute atomic E-state index is 11.7. The molecule has 100 valence electrons. The van der Waals surface area contributed by atoms with Crippen LogP contribution >= 0.6 is 0 Å². The van der Waals surface area contributed by atoms with Crippen molar-refractivity contribution in [3.63, 3.8) is 0 Å². The highest BCUT2D eigenvalue weighted by Gasteiger charge is 2.42. The van der Waals surface area contributed by atoms with Gasteiger partial charge in [-0.3, -0.25) is 4.79 Å². The first kappa shape index (κ1) is 14.7. The molecule has 0 aliphatic heterocycles. The molecule has 0 heterocycles. The first-order valence-electron chi connectivity index (χ1n) is 6.14. The third-order valence-electron chi connectivity index (χ3n) is 3.89. The molecule has 1 rings (SSSR count). The third kappa shape index (κ3) is 2.72. The number of ether oxygens (including phenoxy) is 1. The molecular formula is C15H23NO2. The van der Waals surface area contributed by atoms with E-state index in [1.165, 1.54) is 7.11 Å². The quantitative estimate of drug-likeness (QED) is 0.834. The molecule has 0 radical (unpaired) electrons. The molecule has 1 atom stereocenters. The number of aryl methyl sites for hydroxylation is 1. The summed E-state index contributed by atoms with van der Waals surface area (Å²) >= 11 is 0. The van der Waals surface area contributed by atoms with Gasteiger partial charge in [-0.1, -0.05) is 31.2 Å². The normalized spacial score (nSPS) is 15.0. The summed E-state index contributed by atoms with van der Waals surface area (Å²) < 4.78 is 4.81. The Kier molecular flexibility index (Phi) is 4.17. The van der Waals surface area contributed by atoms with E-state index in [9.17, 15) is 4.79 Å². The van der Waals surface area contributed by atoms with Gasteiger partial charge < -0.3 is 10.5 Å². The largest absolute Gasteiger partial charge is 0.469 e. The third-order valence-corrected chi connectivity index (χ3v) is 3.89. The standard InChI is InChI=1S/C15H23NO2/c1-11-8-6-7-9-12(11)15(4,14(2,3)16)10-13(17)18-5/h6-9H,10,16H2,1-5H3. The fraction of sp³-hybridized carbons (Fsp3) is 0.533. The van der Waals surface area contributed by atoms with E-state index in [4.69, 9.17) is 10.5 Å². The van der Waals surface area contributed by atoms with E-state index in [0.717, 1.165) is 11.1 Å². The molecule has 1 unspecified atom stereocenters. The summed E-state index contributed by atoms with van der Waals surface area (Å²) in [6.45, 7) is 7.95. The number of rotatable bonds is 4. The van der Waals surface area contributed by atoms with Gasteiger partial charge in [-0.25, -0.2) is 0 Å². The molecule has 2 N–H and O–H groups in total. The van der Waals surface area contributed by atoms with Gasteiger partial charge in [0.15, 0.2) is 0 Å². The Hall–Kier alpha value is -1.35. The zero-order valence-electron chi connectivity index (χ0n) is 11.9. The molecule has 18 heavy (non-hydrogen) atoms. The topological polar surface area (TPSA) is 52.3 Å². The Morgan fingerprint density at radius 1 is 1.28 bits per heavy atom. The molecule has 0 bridgehead atoms.